The van der Waals surface area contributed by atoms with Gasteiger partial charge in [-0.3, -0.25) is 4.79 Å². The molecule has 0 aromatic rings. The van der Waals surface area contributed by atoms with Crippen LogP contribution >= 0.6 is 0 Å². The van der Waals surface area contributed by atoms with Gasteiger partial charge in [0.25, 0.3) is 0 Å². The number of aliphatic hydroxyl groups excluding tert-OH is 4. The van der Waals surface area contributed by atoms with Crippen LogP contribution in [-0.4, -0.2) is 75.2 Å². The molecule has 8 heteroatoms. The molecule has 0 spiro atoms. The second-order valence-corrected chi connectivity index (χ2v) is 4.77. The van der Waals surface area contributed by atoms with Crippen molar-refractivity contribution in [1.29, 1.82) is 0 Å². The number of hydrogen-bond acceptors (Lipinski definition) is 7. The van der Waals surface area contributed by atoms with Crippen molar-refractivity contribution in [3.8, 4) is 0 Å². The van der Waals surface area contributed by atoms with Gasteiger partial charge in [-0.15, -0.1) is 0 Å². The molecule has 1 aliphatic rings. The van der Waals surface area contributed by atoms with E-state index in [0.717, 1.165) is 0 Å². The maximum absolute atomic E-state index is 11.4. The Morgan fingerprint density at radius 2 is 1.84 bits per heavy atom. The van der Waals surface area contributed by atoms with Gasteiger partial charge in [0.15, 0.2) is 0 Å². The molecule has 0 aromatic carbocycles. The monoisotopic (exact) mass is 279 g/mol. The molecule has 112 valence electrons. The molecule has 19 heavy (non-hydrogen) atoms. The van der Waals surface area contributed by atoms with Crippen LogP contribution in [0.1, 0.15) is 13.3 Å². The van der Waals surface area contributed by atoms with Crippen molar-refractivity contribution in [2.24, 2.45) is 11.1 Å². The number of carboxylic acids is 1. The van der Waals surface area contributed by atoms with E-state index in [2.05, 4.69) is 0 Å². The van der Waals surface area contributed by atoms with Crippen LogP contribution < -0.4 is 5.73 Å². The molecule has 8 nitrogen and oxygen atoms in total. The molecular weight excluding hydrogens is 258 g/mol. The summed E-state index contributed by atoms with van der Waals surface area (Å²) < 4.78 is 5.27. The van der Waals surface area contributed by atoms with Crippen LogP contribution in [0.25, 0.3) is 0 Å². The standard InChI is InChI=1S/C11H21NO7/c1-2-11(4-12,10(17)18)9-8(16)7(15)6(14)5(3-13)19-9/h5-9,13-16H,2-4,12H2,1H3,(H,17,18)/t5-,6-,7+,8-,9-,11-/m1/s1. The average Bonchev–Trinajstić information content (AvgIpc) is 2.40. The van der Waals surface area contributed by atoms with Gasteiger partial charge in [0.1, 0.15) is 35.9 Å². The molecule has 1 heterocycles. The summed E-state index contributed by atoms with van der Waals surface area (Å²) in [5, 5.41) is 47.7. The quantitative estimate of drug-likeness (QED) is 0.317. The highest BCUT2D eigenvalue weighted by molar-refractivity contribution is 5.76. The Kier molecular flexibility index (Phi) is 5.25. The lowest BCUT2D eigenvalue weighted by Gasteiger charge is -2.46. The van der Waals surface area contributed by atoms with Gasteiger partial charge in [0.2, 0.25) is 0 Å². The Balaban J connectivity index is 3.12. The predicted octanol–water partition coefficient (Wildman–Crippen LogP) is -2.73. The van der Waals surface area contributed by atoms with Crippen LogP contribution in [-0.2, 0) is 9.53 Å². The second kappa shape index (κ2) is 6.12. The van der Waals surface area contributed by atoms with E-state index in [4.69, 9.17) is 15.6 Å². The fourth-order valence-electron chi connectivity index (χ4n) is 2.38. The van der Waals surface area contributed by atoms with E-state index in [-0.39, 0.29) is 13.0 Å². The van der Waals surface area contributed by atoms with Gasteiger partial charge in [-0.1, -0.05) is 6.92 Å². The molecule has 1 rings (SSSR count). The molecule has 1 aliphatic heterocycles. The highest BCUT2D eigenvalue weighted by Gasteiger charge is 2.55. The zero-order valence-corrected chi connectivity index (χ0v) is 10.6. The highest BCUT2D eigenvalue weighted by Crippen LogP contribution is 2.36. The normalized spacial score (nSPS) is 38.7. The van der Waals surface area contributed by atoms with Crippen LogP contribution in [0, 0.1) is 5.41 Å². The minimum absolute atomic E-state index is 0.0710. The molecule has 0 amide bonds. The van der Waals surface area contributed by atoms with Crippen molar-refractivity contribution >= 4 is 5.97 Å². The SMILES string of the molecule is CC[C@](CN)(C(=O)O)[C@@H]1O[C@H](CO)[C@@H](O)[C@H](O)[C@H]1O. The minimum atomic E-state index is -1.60. The summed E-state index contributed by atoms with van der Waals surface area (Å²) in [6.07, 6.45) is -7.10. The Morgan fingerprint density at radius 3 is 2.21 bits per heavy atom. The van der Waals surface area contributed by atoms with Gasteiger partial charge in [0.05, 0.1) is 6.61 Å². The summed E-state index contributed by atoms with van der Waals surface area (Å²) in [4.78, 5) is 11.4. The number of hydrogen-bond donors (Lipinski definition) is 6. The fourth-order valence-corrected chi connectivity index (χ4v) is 2.38. The third-order valence-electron chi connectivity index (χ3n) is 3.86. The highest BCUT2D eigenvalue weighted by atomic mass is 16.5. The van der Waals surface area contributed by atoms with Crippen molar-refractivity contribution in [3.63, 3.8) is 0 Å². The summed E-state index contributed by atoms with van der Waals surface area (Å²) in [6.45, 7) is 0.662. The maximum Gasteiger partial charge on any atom is 0.313 e. The largest absolute Gasteiger partial charge is 0.481 e. The number of rotatable bonds is 5. The first-order valence-corrected chi connectivity index (χ1v) is 6.09. The molecule has 6 atom stereocenters. The molecular formula is C11H21NO7. The molecule has 0 unspecified atom stereocenters. The minimum Gasteiger partial charge on any atom is -0.481 e. The summed E-state index contributed by atoms with van der Waals surface area (Å²) in [5.41, 5.74) is 3.91. The summed E-state index contributed by atoms with van der Waals surface area (Å²) in [5.74, 6) is -1.26. The Labute approximate surface area is 110 Å². The van der Waals surface area contributed by atoms with Crippen LogP contribution in [0.15, 0.2) is 0 Å². The first-order valence-electron chi connectivity index (χ1n) is 6.09. The second-order valence-electron chi connectivity index (χ2n) is 4.77. The Bertz CT molecular complexity index is 318. The smallest absolute Gasteiger partial charge is 0.313 e. The van der Waals surface area contributed by atoms with Crippen LogP contribution in [0.2, 0.25) is 0 Å². The number of ether oxygens (including phenoxy) is 1. The lowest BCUT2D eigenvalue weighted by Crippen LogP contribution is -2.65. The molecule has 1 saturated heterocycles. The number of carboxylic acid groups (broad SMARTS) is 1. The van der Waals surface area contributed by atoms with Crippen molar-refractivity contribution < 1.29 is 35.1 Å². The topological polar surface area (TPSA) is 153 Å². The molecule has 0 saturated carbocycles. The number of aliphatic carboxylic acids is 1. The predicted molar refractivity (Wildman–Crippen MR) is 63.2 cm³/mol. The zero-order valence-electron chi connectivity index (χ0n) is 10.6. The van der Waals surface area contributed by atoms with Gasteiger partial charge >= 0.3 is 5.97 Å². The number of nitrogens with two attached hydrogens (primary N) is 1. The van der Waals surface area contributed by atoms with Crippen molar-refractivity contribution in [2.75, 3.05) is 13.2 Å². The lowest BCUT2D eigenvalue weighted by atomic mass is 9.74. The summed E-state index contributed by atoms with van der Waals surface area (Å²) in [7, 11) is 0. The van der Waals surface area contributed by atoms with Gasteiger partial charge in [-0.05, 0) is 6.42 Å². The molecule has 1 fully saturated rings. The van der Waals surface area contributed by atoms with Gasteiger partial charge in [-0.25, -0.2) is 0 Å². The molecule has 0 aliphatic carbocycles. The van der Waals surface area contributed by atoms with E-state index in [1.54, 1.807) is 6.92 Å². The van der Waals surface area contributed by atoms with E-state index < -0.39 is 48.5 Å². The van der Waals surface area contributed by atoms with Crippen molar-refractivity contribution in [1.82, 2.24) is 0 Å². The van der Waals surface area contributed by atoms with Crippen molar-refractivity contribution in [2.45, 2.75) is 43.9 Å². The molecule has 0 radical (unpaired) electrons. The first-order chi connectivity index (χ1) is 8.85. The molecule has 0 bridgehead atoms. The molecule has 7 N–H and O–H groups in total. The zero-order chi connectivity index (χ0) is 14.8. The lowest BCUT2D eigenvalue weighted by molar-refractivity contribution is -0.256. The van der Waals surface area contributed by atoms with E-state index in [1.165, 1.54) is 0 Å². The average molecular weight is 279 g/mol. The Hall–Kier alpha value is -0.770. The number of carbonyl (C=O) groups is 1. The van der Waals surface area contributed by atoms with Gasteiger partial charge < -0.3 is 36.0 Å². The fraction of sp³-hybridized carbons (Fsp3) is 0.909. The third kappa shape index (κ3) is 2.60. The van der Waals surface area contributed by atoms with E-state index in [9.17, 15) is 25.2 Å². The van der Waals surface area contributed by atoms with Crippen molar-refractivity contribution in [3.05, 3.63) is 0 Å². The van der Waals surface area contributed by atoms with Gasteiger partial charge in [-0.2, -0.15) is 0 Å². The number of aliphatic hydroxyl groups is 4. The third-order valence-corrected chi connectivity index (χ3v) is 3.86. The van der Waals surface area contributed by atoms with E-state index >= 15 is 0 Å². The maximum atomic E-state index is 11.4. The summed E-state index contributed by atoms with van der Waals surface area (Å²) in [6, 6.07) is 0. The molecule has 0 aromatic heterocycles. The summed E-state index contributed by atoms with van der Waals surface area (Å²) >= 11 is 0. The van der Waals surface area contributed by atoms with Crippen LogP contribution in [0.3, 0.4) is 0 Å². The van der Waals surface area contributed by atoms with E-state index in [1.807, 2.05) is 0 Å². The van der Waals surface area contributed by atoms with E-state index in [0.29, 0.717) is 0 Å². The first kappa shape index (κ1) is 16.3. The van der Waals surface area contributed by atoms with Crippen LogP contribution in [0.5, 0.6) is 0 Å². The van der Waals surface area contributed by atoms with Crippen LogP contribution in [0.4, 0.5) is 0 Å². The van der Waals surface area contributed by atoms with Gasteiger partial charge in [0, 0.05) is 6.54 Å². The Morgan fingerprint density at radius 1 is 1.26 bits per heavy atom.